The van der Waals surface area contributed by atoms with Crippen molar-refractivity contribution in [3.63, 3.8) is 0 Å². The lowest BCUT2D eigenvalue weighted by atomic mass is 10.1. The van der Waals surface area contributed by atoms with Gasteiger partial charge < -0.3 is 5.32 Å². The number of amides is 2. The summed E-state index contributed by atoms with van der Waals surface area (Å²) in [5.41, 5.74) is 3.40. The standard InChI is InChI=1S/C11H10IN3O2/c12-7-3-1-2-4-8(7)13-11(17)9-5-6-10(16)15-14-9/h1-4H,5-6H2,(H,13,17)(H,15,16). The van der Waals surface area contributed by atoms with Crippen LogP contribution in [0.5, 0.6) is 0 Å². The number of benzene rings is 1. The van der Waals surface area contributed by atoms with Crippen LogP contribution < -0.4 is 10.7 Å². The zero-order valence-electron chi connectivity index (χ0n) is 8.87. The summed E-state index contributed by atoms with van der Waals surface area (Å²) in [5.74, 6) is -0.426. The van der Waals surface area contributed by atoms with Gasteiger partial charge in [0.25, 0.3) is 5.91 Å². The van der Waals surface area contributed by atoms with Crippen LogP contribution in [0, 0.1) is 3.57 Å². The number of nitrogens with zero attached hydrogens (tertiary/aromatic N) is 1. The highest BCUT2D eigenvalue weighted by molar-refractivity contribution is 14.1. The Morgan fingerprint density at radius 2 is 2.12 bits per heavy atom. The van der Waals surface area contributed by atoms with Gasteiger partial charge in [0.1, 0.15) is 5.71 Å². The molecule has 1 aromatic carbocycles. The van der Waals surface area contributed by atoms with Gasteiger partial charge in [-0.1, -0.05) is 12.1 Å². The van der Waals surface area contributed by atoms with Crippen molar-refractivity contribution < 1.29 is 9.59 Å². The highest BCUT2D eigenvalue weighted by Crippen LogP contribution is 2.17. The summed E-state index contributed by atoms with van der Waals surface area (Å²) in [5, 5.41) is 6.51. The molecule has 1 aromatic rings. The molecule has 0 aliphatic carbocycles. The lowest BCUT2D eigenvalue weighted by molar-refractivity contribution is -0.121. The summed E-state index contributed by atoms with van der Waals surface area (Å²) in [4.78, 5) is 22.7. The maximum Gasteiger partial charge on any atom is 0.271 e. The first kappa shape index (κ1) is 12.0. The van der Waals surface area contributed by atoms with Crippen LogP contribution in [-0.4, -0.2) is 17.5 Å². The first-order valence-corrected chi connectivity index (χ1v) is 6.16. The number of hydrogen-bond donors (Lipinski definition) is 2. The summed E-state index contributed by atoms with van der Waals surface area (Å²) < 4.78 is 0.957. The zero-order chi connectivity index (χ0) is 12.3. The van der Waals surface area contributed by atoms with Crippen molar-refractivity contribution in [2.45, 2.75) is 12.8 Å². The maximum atomic E-state index is 11.8. The Balaban J connectivity index is 2.07. The molecule has 17 heavy (non-hydrogen) atoms. The second-order valence-electron chi connectivity index (χ2n) is 3.53. The normalized spacial score (nSPS) is 14.9. The fourth-order valence-corrected chi connectivity index (χ4v) is 1.92. The Hall–Kier alpha value is -1.44. The van der Waals surface area contributed by atoms with Crippen molar-refractivity contribution in [1.82, 2.24) is 5.43 Å². The fourth-order valence-electron chi connectivity index (χ4n) is 1.39. The topological polar surface area (TPSA) is 70.6 Å². The summed E-state index contributed by atoms with van der Waals surface area (Å²) in [7, 11) is 0. The number of carbonyl (C=O) groups excluding carboxylic acids is 2. The van der Waals surface area contributed by atoms with E-state index in [4.69, 9.17) is 0 Å². The van der Waals surface area contributed by atoms with Crippen LogP contribution in [0.1, 0.15) is 12.8 Å². The third kappa shape index (κ3) is 3.02. The van der Waals surface area contributed by atoms with Crippen molar-refractivity contribution in [3.8, 4) is 0 Å². The van der Waals surface area contributed by atoms with E-state index >= 15 is 0 Å². The molecule has 0 spiro atoms. The Bertz CT molecular complexity index is 499. The summed E-state index contributed by atoms with van der Waals surface area (Å²) in [6.07, 6.45) is 0.680. The minimum Gasteiger partial charge on any atom is -0.320 e. The third-order valence-corrected chi connectivity index (χ3v) is 3.23. The molecular weight excluding hydrogens is 333 g/mol. The van der Waals surface area contributed by atoms with Gasteiger partial charge >= 0.3 is 0 Å². The summed E-state index contributed by atoms with van der Waals surface area (Å²) in [6, 6.07) is 7.47. The van der Waals surface area contributed by atoms with E-state index in [1.54, 1.807) is 0 Å². The number of para-hydroxylation sites is 1. The van der Waals surface area contributed by atoms with Gasteiger partial charge in [-0.3, -0.25) is 9.59 Å². The molecule has 0 fully saturated rings. The lowest BCUT2D eigenvalue weighted by Gasteiger charge is -2.12. The van der Waals surface area contributed by atoms with Gasteiger partial charge in [-0.2, -0.15) is 5.10 Å². The van der Waals surface area contributed by atoms with Gasteiger partial charge in [-0.25, -0.2) is 5.43 Å². The molecule has 2 amide bonds. The molecule has 0 atom stereocenters. The van der Waals surface area contributed by atoms with Crippen molar-refractivity contribution in [2.24, 2.45) is 5.10 Å². The number of halogens is 1. The molecule has 0 saturated heterocycles. The monoisotopic (exact) mass is 343 g/mol. The predicted octanol–water partition coefficient (Wildman–Crippen LogP) is 1.50. The van der Waals surface area contributed by atoms with Gasteiger partial charge in [0.2, 0.25) is 5.91 Å². The summed E-state index contributed by atoms with van der Waals surface area (Å²) in [6.45, 7) is 0. The predicted molar refractivity (Wildman–Crippen MR) is 72.6 cm³/mol. The van der Waals surface area contributed by atoms with Crippen LogP contribution >= 0.6 is 22.6 Å². The van der Waals surface area contributed by atoms with E-state index in [0.717, 1.165) is 9.26 Å². The first-order valence-electron chi connectivity index (χ1n) is 5.08. The molecule has 1 aliphatic rings. The van der Waals surface area contributed by atoms with Gasteiger partial charge in [-0.05, 0) is 34.7 Å². The van der Waals surface area contributed by atoms with Crippen molar-refractivity contribution >= 4 is 45.8 Å². The SMILES string of the molecule is O=C1CCC(C(=O)Nc2ccccc2I)=NN1. The molecule has 2 rings (SSSR count). The highest BCUT2D eigenvalue weighted by Gasteiger charge is 2.18. The Morgan fingerprint density at radius 3 is 2.76 bits per heavy atom. The molecule has 0 unspecified atom stereocenters. The van der Waals surface area contributed by atoms with Crippen LogP contribution in [0.3, 0.4) is 0 Å². The molecule has 88 valence electrons. The third-order valence-electron chi connectivity index (χ3n) is 2.29. The summed E-state index contributed by atoms with van der Waals surface area (Å²) >= 11 is 2.14. The number of rotatable bonds is 2. The van der Waals surface area contributed by atoms with E-state index in [-0.39, 0.29) is 11.8 Å². The van der Waals surface area contributed by atoms with Crippen LogP contribution in [0.2, 0.25) is 0 Å². The zero-order valence-corrected chi connectivity index (χ0v) is 11.0. The van der Waals surface area contributed by atoms with Gasteiger partial charge in [-0.15, -0.1) is 0 Å². The van der Waals surface area contributed by atoms with Crippen LogP contribution in [0.15, 0.2) is 29.4 Å². The van der Waals surface area contributed by atoms with Crippen molar-refractivity contribution in [1.29, 1.82) is 0 Å². The van der Waals surface area contributed by atoms with Gasteiger partial charge in [0, 0.05) is 16.4 Å². The molecule has 0 radical (unpaired) electrons. The van der Waals surface area contributed by atoms with E-state index in [0.29, 0.717) is 18.6 Å². The largest absolute Gasteiger partial charge is 0.320 e. The molecule has 6 heteroatoms. The molecule has 0 saturated carbocycles. The molecule has 0 aromatic heterocycles. The van der Waals surface area contributed by atoms with E-state index in [1.807, 2.05) is 24.3 Å². The average molecular weight is 343 g/mol. The number of hydrogen-bond acceptors (Lipinski definition) is 3. The minimum absolute atomic E-state index is 0.157. The minimum atomic E-state index is -0.269. The molecule has 2 N–H and O–H groups in total. The van der Waals surface area contributed by atoms with E-state index in [9.17, 15) is 9.59 Å². The van der Waals surface area contributed by atoms with E-state index in [1.165, 1.54) is 0 Å². The smallest absolute Gasteiger partial charge is 0.271 e. The van der Waals surface area contributed by atoms with E-state index < -0.39 is 0 Å². The van der Waals surface area contributed by atoms with Crippen LogP contribution in [-0.2, 0) is 9.59 Å². The van der Waals surface area contributed by atoms with E-state index in [2.05, 4.69) is 38.4 Å². The molecule has 0 bridgehead atoms. The van der Waals surface area contributed by atoms with Crippen LogP contribution in [0.25, 0.3) is 0 Å². The second kappa shape index (κ2) is 5.26. The lowest BCUT2D eigenvalue weighted by Crippen LogP contribution is -2.32. The molecule has 1 aliphatic heterocycles. The second-order valence-corrected chi connectivity index (χ2v) is 4.69. The fraction of sp³-hybridized carbons (Fsp3) is 0.182. The Morgan fingerprint density at radius 1 is 1.35 bits per heavy atom. The molecule has 5 nitrogen and oxygen atoms in total. The molecular formula is C11H10IN3O2. The maximum absolute atomic E-state index is 11.8. The van der Waals surface area contributed by atoms with Crippen LogP contribution in [0.4, 0.5) is 5.69 Å². The number of nitrogens with one attached hydrogen (secondary N) is 2. The quantitative estimate of drug-likeness (QED) is 0.799. The number of hydrazone groups is 1. The number of carbonyl (C=O) groups is 2. The highest BCUT2D eigenvalue weighted by atomic mass is 127. The van der Waals surface area contributed by atoms with Gasteiger partial charge in [0.15, 0.2) is 0 Å². The number of anilines is 1. The Labute approximate surface area is 112 Å². The van der Waals surface area contributed by atoms with Gasteiger partial charge in [0.05, 0.1) is 5.69 Å². The first-order chi connectivity index (χ1) is 8.16. The average Bonchev–Trinajstić information content (AvgIpc) is 2.33. The van der Waals surface area contributed by atoms with Crippen molar-refractivity contribution in [3.05, 3.63) is 27.8 Å². The Kier molecular flexibility index (Phi) is 3.72. The van der Waals surface area contributed by atoms with Crippen molar-refractivity contribution in [2.75, 3.05) is 5.32 Å². The molecule has 1 heterocycles.